The number of aryl methyl sites for hydroxylation is 1. The zero-order chi connectivity index (χ0) is 21.9. The Kier molecular flexibility index (Phi) is 6.94. The van der Waals surface area contributed by atoms with E-state index in [1.807, 2.05) is 18.5 Å². The predicted molar refractivity (Wildman–Crippen MR) is 125 cm³/mol. The third kappa shape index (κ3) is 4.94. The molecule has 1 N–H and O–H groups in total. The summed E-state index contributed by atoms with van der Waals surface area (Å²) in [4.78, 5) is 12.7. The second-order valence-electron chi connectivity index (χ2n) is 10.0. The van der Waals surface area contributed by atoms with E-state index in [0.29, 0.717) is 6.54 Å². The minimum Gasteiger partial charge on any atom is -0.379 e. The number of rotatable bonds is 6. The number of nitrogens with zero attached hydrogens (tertiary/aromatic N) is 7. The first-order valence-corrected chi connectivity index (χ1v) is 12.6. The predicted octanol–water partition coefficient (Wildman–Crippen LogP) is 0.708. The highest BCUT2D eigenvalue weighted by molar-refractivity contribution is 5.80. The molecule has 32 heavy (non-hydrogen) atoms. The van der Waals surface area contributed by atoms with E-state index < -0.39 is 0 Å². The van der Waals surface area contributed by atoms with Crippen LogP contribution in [0.25, 0.3) is 0 Å². The fraction of sp³-hybridized carbons (Fsp3) is 0.870. The Morgan fingerprint density at radius 3 is 2.53 bits per heavy atom. The number of guanidine groups is 1. The normalized spacial score (nSPS) is 29.8. The van der Waals surface area contributed by atoms with Gasteiger partial charge >= 0.3 is 0 Å². The number of morpholine rings is 1. The van der Waals surface area contributed by atoms with Gasteiger partial charge in [-0.15, -0.1) is 10.2 Å². The largest absolute Gasteiger partial charge is 0.379 e. The van der Waals surface area contributed by atoms with Crippen LogP contribution in [0.4, 0.5) is 0 Å². The van der Waals surface area contributed by atoms with Gasteiger partial charge in [-0.2, -0.15) is 0 Å². The van der Waals surface area contributed by atoms with Crippen molar-refractivity contribution in [1.29, 1.82) is 0 Å². The van der Waals surface area contributed by atoms with Gasteiger partial charge in [0.2, 0.25) is 0 Å². The van der Waals surface area contributed by atoms with Gasteiger partial charge in [-0.3, -0.25) is 9.80 Å². The number of aromatic nitrogens is 3. The number of ether oxygens (including phenoxy) is 1. The first kappa shape index (κ1) is 22.1. The van der Waals surface area contributed by atoms with Crippen LogP contribution < -0.4 is 5.32 Å². The molecule has 3 heterocycles. The van der Waals surface area contributed by atoms with E-state index in [-0.39, 0.29) is 0 Å². The number of nitrogens with one attached hydrogen (secondary N) is 1. The zero-order valence-electron chi connectivity index (χ0n) is 19.9. The lowest BCUT2D eigenvalue weighted by molar-refractivity contribution is 0.0387. The molecular weight excluding hydrogens is 404 g/mol. The number of fused-ring (bicyclic) bond motifs is 2. The quantitative estimate of drug-likeness (QED) is 0.512. The molecule has 178 valence electrons. The number of piperazine rings is 1. The second-order valence-corrected chi connectivity index (χ2v) is 10.0. The molecule has 1 aromatic rings. The summed E-state index contributed by atoms with van der Waals surface area (Å²) in [5.41, 5.74) is 0. The summed E-state index contributed by atoms with van der Waals surface area (Å²) in [5.74, 6) is 4.83. The van der Waals surface area contributed by atoms with Crippen molar-refractivity contribution >= 4 is 5.96 Å². The van der Waals surface area contributed by atoms with Gasteiger partial charge in [-0.1, -0.05) is 6.42 Å². The van der Waals surface area contributed by atoms with Crippen LogP contribution in [0.2, 0.25) is 0 Å². The Labute approximate surface area is 192 Å². The first-order valence-electron chi connectivity index (χ1n) is 12.6. The van der Waals surface area contributed by atoms with E-state index in [4.69, 9.17) is 9.73 Å². The van der Waals surface area contributed by atoms with Crippen LogP contribution in [-0.4, -0.2) is 107 Å². The van der Waals surface area contributed by atoms with E-state index >= 15 is 0 Å². The minimum absolute atomic E-state index is 0.559. The van der Waals surface area contributed by atoms with Crippen molar-refractivity contribution in [2.75, 3.05) is 65.6 Å². The summed E-state index contributed by atoms with van der Waals surface area (Å²) >= 11 is 0. The summed E-state index contributed by atoms with van der Waals surface area (Å²) in [6, 6.07) is 0.840. The molecule has 0 aromatic carbocycles. The molecule has 2 aliphatic heterocycles. The SMILES string of the molecule is Cc1nnc(CN=C(NCCN2CCOCC2)N2CCN(C3CC4CCC3C4)CC2)n1C. The molecule has 0 radical (unpaired) electrons. The standard InChI is InChI=1S/C23H40N8O/c1-18-26-27-22(28(18)2)17-25-23(24-5-6-29-11-13-32-14-12-29)31-9-7-30(8-10-31)21-16-19-3-4-20(21)15-19/h19-21H,3-17H2,1-2H3,(H,24,25). The molecule has 0 amide bonds. The van der Waals surface area contributed by atoms with Crippen molar-refractivity contribution in [2.24, 2.45) is 23.9 Å². The van der Waals surface area contributed by atoms with Crippen LogP contribution in [0.1, 0.15) is 37.3 Å². The number of hydrogen-bond donors (Lipinski definition) is 1. The summed E-state index contributed by atoms with van der Waals surface area (Å²) < 4.78 is 7.51. The Hall–Kier alpha value is -1.71. The van der Waals surface area contributed by atoms with Crippen LogP contribution in [-0.2, 0) is 18.3 Å². The highest BCUT2D eigenvalue weighted by Crippen LogP contribution is 2.46. The van der Waals surface area contributed by atoms with E-state index in [0.717, 1.165) is 101 Å². The molecule has 2 saturated heterocycles. The average molecular weight is 445 g/mol. The maximum absolute atomic E-state index is 5.48. The molecular formula is C23H40N8O. The first-order chi connectivity index (χ1) is 15.7. The molecule has 2 saturated carbocycles. The van der Waals surface area contributed by atoms with Gasteiger partial charge in [-0.25, -0.2) is 4.99 Å². The van der Waals surface area contributed by atoms with Crippen molar-refractivity contribution in [3.63, 3.8) is 0 Å². The molecule has 1 aromatic heterocycles. The molecule has 9 heteroatoms. The molecule has 3 unspecified atom stereocenters. The van der Waals surface area contributed by atoms with E-state index in [2.05, 4.69) is 30.2 Å². The van der Waals surface area contributed by atoms with E-state index in [9.17, 15) is 0 Å². The third-order valence-electron chi connectivity index (χ3n) is 8.15. The Morgan fingerprint density at radius 1 is 1.06 bits per heavy atom. The molecule has 9 nitrogen and oxygen atoms in total. The number of hydrogen-bond acceptors (Lipinski definition) is 6. The van der Waals surface area contributed by atoms with Crippen molar-refractivity contribution in [3.05, 3.63) is 11.6 Å². The van der Waals surface area contributed by atoms with Crippen LogP contribution in [0.15, 0.2) is 4.99 Å². The Bertz CT molecular complexity index is 781. The summed E-state index contributed by atoms with van der Waals surface area (Å²) in [7, 11) is 2.01. The topological polar surface area (TPSA) is 74.0 Å². The van der Waals surface area contributed by atoms with Crippen molar-refractivity contribution in [1.82, 2.24) is 34.8 Å². The highest BCUT2D eigenvalue weighted by Gasteiger charge is 2.42. The summed E-state index contributed by atoms with van der Waals surface area (Å²) in [6.07, 6.45) is 5.86. The van der Waals surface area contributed by atoms with Gasteiger partial charge in [-0.05, 0) is 38.0 Å². The molecule has 2 bridgehead atoms. The monoisotopic (exact) mass is 444 g/mol. The second kappa shape index (κ2) is 10.1. The molecule has 2 aliphatic carbocycles. The van der Waals surface area contributed by atoms with Crippen LogP contribution in [0.3, 0.4) is 0 Å². The van der Waals surface area contributed by atoms with E-state index in [1.165, 1.54) is 25.7 Å². The number of aliphatic imine (C=N–C) groups is 1. The van der Waals surface area contributed by atoms with Gasteiger partial charge in [0.25, 0.3) is 0 Å². The highest BCUT2D eigenvalue weighted by atomic mass is 16.5. The lowest BCUT2D eigenvalue weighted by Crippen LogP contribution is -2.56. The Morgan fingerprint density at radius 2 is 1.88 bits per heavy atom. The van der Waals surface area contributed by atoms with Gasteiger partial charge < -0.3 is 19.5 Å². The zero-order valence-corrected chi connectivity index (χ0v) is 19.9. The maximum atomic E-state index is 5.48. The van der Waals surface area contributed by atoms with Gasteiger partial charge in [0.05, 0.1) is 13.2 Å². The minimum atomic E-state index is 0.559. The van der Waals surface area contributed by atoms with Crippen LogP contribution in [0.5, 0.6) is 0 Å². The molecule has 0 spiro atoms. The lowest BCUT2D eigenvalue weighted by Gasteiger charge is -2.42. The summed E-state index contributed by atoms with van der Waals surface area (Å²) in [5, 5.41) is 12.2. The fourth-order valence-corrected chi connectivity index (χ4v) is 6.08. The van der Waals surface area contributed by atoms with Crippen molar-refractivity contribution in [3.8, 4) is 0 Å². The Balaban J connectivity index is 1.19. The summed E-state index contributed by atoms with van der Waals surface area (Å²) in [6.45, 7) is 12.6. The molecule has 4 fully saturated rings. The average Bonchev–Trinajstić information content (AvgIpc) is 3.55. The maximum Gasteiger partial charge on any atom is 0.194 e. The van der Waals surface area contributed by atoms with Crippen molar-refractivity contribution in [2.45, 2.75) is 45.2 Å². The van der Waals surface area contributed by atoms with Gasteiger partial charge in [0.1, 0.15) is 12.4 Å². The van der Waals surface area contributed by atoms with Crippen LogP contribution >= 0.6 is 0 Å². The molecule has 5 rings (SSSR count). The molecule has 4 aliphatic rings. The van der Waals surface area contributed by atoms with Crippen molar-refractivity contribution < 1.29 is 4.74 Å². The smallest absolute Gasteiger partial charge is 0.194 e. The van der Waals surface area contributed by atoms with Gasteiger partial charge in [0.15, 0.2) is 11.8 Å². The molecule has 3 atom stereocenters. The third-order valence-corrected chi connectivity index (χ3v) is 8.15. The lowest BCUT2D eigenvalue weighted by atomic mass is 9.93. The van der Waals surface area contributed by atoms with Gasteiger partial charge in [0, 0.05) is 65.4 Å². The fourth-order valence-electron chi connectivity index (χ4n) is 6.08. The van der Waals surface area contributed by atoms with Crippen LogP contribution in [0, 0.1) is 18.8 Å². The van der Waals surface area contributed by atoms with E-state index in [1.54, 1.807) is 0 Å².